The standard InChI is InChI=1S/C14H17N5OS/c1-15-12-3-2-11(10-17-12)13(20)18-5-7-19(8-6-18)14-16-4-9-21-14/h2-4,9-10H,5-8H2,1H3,(H,15,17). The molecule has 1 saturated heterocycles. The molecule has 0 aliphatic carbocycles. The number of hydrogen-bond donors (Lipinski definition) is 1. The molecule has 0 saturated carbocycles. The van der Waals surface area contributed by atoms with Crippen LogP contribution in [0.15, 0.2) is 29.9 Å². The van der Waals surface area contributed by atoms with Gasteiger partial charge < -0.3 is 15.1 Å². The number of hydrogen-bond acceptors (Lipinski definition) is 6. The molecule has 1 aliphatic heterocycles. The molecule has 0 aromatic carbocycles. The molecule has 3 rings (SSSR count). The third-order valence-electron chi connectivity index (χ3n) is 3.52. The van der Waals surface area contributed by atoms with Crippen molar-refractivity contribution in [3.63, 3.8) is 0 Å². The minimum absolute atomic E-state index is 0.0453. The minimum atomic E-state index is 0.0453. The molecule has 3 heterocycles. The van der Waals surface area contributed by atoms with Gasteiger partial charge in [-0.25, -0.2) is 9.97 Å². The lowest BCUT2D eigenvalue weighted by Gasteiger charge is -2.34. The van der Waals surface area contributed by atoms with E-state index < -0.39 is 0 Å². The summed E-state index contributed by atoms with van der Waals surface area (Å²) >= 11 is 1.63. The molecule has 0 bridgehead atoms. The summed E-state index contributed by atoms with van der Waals surface area (Å²) in [5, 5.41) is 5.95. The Morgan fingerprint density at radius 3 is 2.62 bits per heavy atom. The molecule has 1 fully saturated rings. The smallest absolute Gasteiger partial charge is 0.255 e. The van der Waals surface area contributed by atoms with Crippen LogP contribution >= 0.6 is 11.3 Å². The SMILES string of the molecule is CNc1ccc(C(=O)N2CCN(c3nccs3)CC2)cn1. The normalized spacial score (nSPS) is 15.1. The highest BCUT2D eigenvalue weighted by Gasteiger charge is 2.23. The summed E-state index contributed by atoms with van der Waals surface area (Å²) in [5.41, 5.74) is 0.636. The Kier molecular flexibility index (Phi) is 4.01. The summed E-state index contributed by atoms with van der Waals surface area (Å²) in [4.78, 5) is 25.0. The lowest BCUT2D eigenvalue weighted by atomic mass is 10.2. The third kappa shape index (κ3) is 2.97. The first-order valence-electron chi connectivity index (χ1n) is 6.85. The highest BCUT2D eigenvalue weighted by Crippen LogP contribution is 2.19. The molecule has 110 valence electrons. The van der Waals surface area contributed by atoms with Gasteiger partial charge in [-0.2, -0.15) is 0 Å². The molecule has 1 N–H and O–H groups in total. The van der Waals surface area contributed by atoms with E-state index in [1.165, 1.54) is 0 Å². The van der Waals surface area contributed by atoms with Crippen molar-refractivity contribution >= 4 is 28.2 Å². The van der Waals surface area contributed by atoms with Gasteiger partial charge in [0.25, 0.3) is 5.91 Å². The average molecular weight is 303 g/mol. The number of amides is 1. The second-order valence-electron chi connectivity index (χ2n) is 4.78. The second kappa shape index (κ2) is 6.09. The summed E-state index contributed by atoms with van der Waals surface area (Å²) in [6.07, 6.45) is 3.44. The number of thiazole rings is 1. The molecule has 0 radical (unpaired) electrons. The van der Waals surface area contributed by atoms with Crippen LogP contribution in [0.1, 0.15) is 10.4 Å². The number of carbonyl (C=O) groups is 1. The zero-order valence-electron chi connectivity index (χ0n) is 11.8. The molecule has 6 nitrogen and oxygen atoms in total. The van der Waals surface area contributed by atoms with Crippen molar-refractivity contribution in [3.8, 4) is 0 Å². The summed E-state index contributed by atoms with van der Waals surface area (Å²) in [5.74, 6) is 0.809. The molecule has 7 heteroatoms. The molecule has 0 spiro atoms. The fourth-order valence-electron chi connectivity index (χ4n) is 2.32. The van der Waals surface area contributed by atoms with Crippen molar-refractivity contribution in [2.45, 2.75) is 0 Å². The quantitative estimate of drug-likeness (QED) is 0.932. The topological polar surface area (TPSA) is 61.4 Å². The second-order valence-corrected chi connectivity index (χ2v) is 5.65. The number of nitrogens with zero attached hydrogens (tertiary/aromatic N) is 4. The van der Waals surface area contributed by atoms with Crippen molar-refractivity contribution < 1.29 is 4.79 Å². The van der Waals surface area contributed by atoms with Crippen LogP contribution in [-0.2, 0) is 0 Å². The number of aromatic nitrogens is 2. The number of nitrogens with one attached hydrogen (secondary N) is 1. The summed E-state index contributed by atoms with van der Waals surface area (Å²) in [7, 11) is 1.81. The van der Waals surface area contributed by atoms with E-state index in [1.54, 1.807) is 17.5 Å². The van der Waals surface area contributed by atoms with E-state index in [2.05, 4.69) is 20.2 Å². The fourth-order valence-corrected chi connectivity index (χ4v) is 3.02. The molecule has 0 unspecified atom stereocenters. The monoisotopic (exact) mass is 303 g/mol. The van der Waals surface area contributed by atoms with Gasteiger partial charge in [0.15, 0.2) is 5.13 Å². The van der Waals surface area contributed by atoms with E-state index in [1.807, 2.05) is 35.7 Å². The van der Waals surface area contributed by atoms with Crippen LogP contribution in [0.25, 0.3) is 0 Å². The Balaban J connectivity index is 1.62. The van der Waals surface area contributed by atoms with Crippen LogP contribution in [0.4, 0.5) is 10.9 Å². The van der Waals surface area contributed by atoms with Crippen molar-refractivity contribution in [2.75, 3.05) is 43.4 Å². The van der Waals surface area contributed by atoms with Crippen molar-refractivity contribution in [2.24, 2.45) is 0 Å². The molecule has 2 aromatic rings. The van der Waals surface area contributed by atoms with E-state index in [-0.39, 0.29) is 5.91 Å². The van der Waals surface area contributed by atoms with Gasteiger partial charge in [0.2, 0.25) is 0 Å². The molecule has 1 aliphatic rings. The van der Waals surface area contributed by atoms with Gasteiger partial charge >= 0.3 is 0 Å². The molecule has 1 amide bonds. The number of rotatable bonds is 3. The van der Waals surface area contributed by atoms with Crippen molar-refractivity contribution in [3.05, 3.63) is 35.5 Å². The fraction of sp³-hybridized carbons (Fsp3) is 0.357. The predicted molar refractivity (Wildman–Crippen MR) is 84.0 cm³/mol. The first kappa shape index (κ1) is 13.8. The Hall–Kier alpha value is -2.15. The zero-order chi connectivity index (χ0) is 14.7. The summed E-state index contributed by atoms with van der Waals surface area (Å²) in [6, 6.07) is 3.63. The molecule has 21 heavy (non-hydrogen) atoms. The largest absolute Gasteiger partial charge is 0.373 e. The maximum absolute atomic E-state index is 12.4. The van der Waals surface area contributed by atoms with Gasteiger partial charge in [0.1, 0.15) is 5.82 Å². The van der Waals surface area contributed by atoms with E-state index in [0.29, 0.717) is 18.7 Å². The van der Waals surface area contributed by atoms with Crippen molar-refractivity contribution in [1.29, 1.82) is 0 Å². The Bertz CT molecular complexity index is 590. The van der Waals surface area contributed by atoms with Crippen LogP contribution in [0, 0.1) is 0 Å². The highest BCUT2D eigenvalue weighted by atomic mass is 32.1. The van der Waals surface area contributed by atoms with Gasteiger partial charge in [0, 0.05) is 51.0 Å². The average Bonchev–Trinajstić information content (AvgIpc) is 3.09. The van der Waals surface area contributed by atoms with Crippen LogP contribution in [0.5, 0.6) is 0 Å². The zero-order valence-corrected chi connectivity index (χ0v) is 12.6. The number of pyridine rings is 1. The molecular weight excluding hydrogens is 286 g/mol. The van der Waals surface area contributed by atoms with Gasteiger partial charge in [-0.1, -0.05) is 0 Å². The van der Waals surface area contributed by atoms with Gasteiger partial charge in [-0.3, -0.25) is 4.79 Å². The maximum atomic E-state index is 12.4. The Morgan fingerprint density at radius 2 is 2.05 bits per heavy atom. The molecule has 0 atom stereocenters. The minimum Gasteiger partial charge on any atom is -0.373 e. The number of piperazine rings is 1. The molecule has 2 aromatic heterocycles. The van der Waals surface area contributed by atoms with E-state index in [9.17, 15) is 4.79 Å². The van der Waals surface area contributed by atoms with Crippen LogP contribution in [0.2, 0.25) is 0 Å². The van der Waals surface area contributed by atoms with Gasteiger partial charge in [0.05, 0.1) is 5.56 Å². The summed E-state index contributed by atoms with van der Waals surface area (Å²) < 4.78 is 0. The van der Waals surface area contributed by atoms with Crippen molar-refractivity contribution in [1.82, 2.24) is 14.9 Å². The van der Waals surface area contributed by atoms with E-state index in [0.717, 1.165) is 24.0 Å². The lowest BCUT2D eigenvalue weighted by molar-refractivity contribution is 0.0746. The molecular formula is C14H17N5OS. The predicted octanol–water partition coefficient (Wildman–Crippen LogP) is 1.54. The Labute approximate surface area is 127 Å². The van der Waals surface area contributed by atoms with Crippen LogP contribution in [-0.4, -0.2) is 54.0 Å². The third-order valence-corrected chi connectivity index (χ3v) is 4.36. The number of anilines is 2. The Morgan fingerprint density at radius 1 is 1.24 bits per heavy atom. The first-order valence-corrected chi connectivity index (χ1v) is 7.73. The van der Waals surface area contributed by atoms with E-state index >= 15 is 0 Å². The highest BCUT2D eigenvalue weighted by molar-refractivity contribution is 7.13. The number of carbonyl (C=O) groups excluding carboxylic acids is 1. The van der Waals surface area contributed by atoms with Crippen LogP contribution in [0.3, 0.4) is 0 Å². The maximum Gasteiger partial charge on any atom is 0.255 e. The van der Waals surface area contributed by atoms with Gasteiger partial charge in [-0.05, 0) is 12.1 Å². The first-order chi connectivity index (χ1) is 10.3. The van der Waals surface area contributed by atoms with E-state index in [4.69, 9.17) is 0 Å². The lowest BCUT2D eigenvalue weighted by Crippen LogP contribution is -2.48. The van der Waals surface area contributed by atoms with Gasteiger partial charge in [-0.15, -0.1) is 11.3 Å². The van der Waals surface area contributed by atoms with Crippen LogP contribution < -0.4 is 10.2 Å². The summed E-state index contributed by atoms with van der Waals surface area (Å²) in [6.45, 7) is 3.07.